The maximum absolute atomic E-state index is 14.3. The Morgan fingerprint density at radius 2 is 1.77 bits per heavy atom. The summed E-state index contributed by atoms with van der Waals surface area (Å²) in [7, 11) is 0. The molecule has 0 amide bonds. The molecule has 30 heavy (non-hydrogen) atoms. The first kappa shape index (κ1) is 21.2. The van der Waals surface area contributed by atoms with Crippen molar-refractivity contribution in [3.05, 3.63) is 77.2 Å². The number of thioether (sulfide) groups is 1. The van der Waals surface area contributed by atoms with Gasteiger partial charge in [0.15, 0.2) is 0 Å². The number of alkyl halides is 3. The summed E-state index contributed by atoms with van der Waals surface area (Å²) >= 11 is 0.780. The number of aryl methyl sites for hydroxylation is 1. The van der Waals surface area contributed by atoms with E-state index in [4.69, 9.17) is 5.26 Å². The van der Waals surface area contributed by atoms with Crippen molar-refractivity contribution >= 4 is 11.8 Å². The molecule has 2 aromatic carbocycles. The minimum Gasteiger partial charge on any atom is -0.406 e. The fourth-order valence-corrected chi connectivity index (χ4v) is 2.94. The van der Waals surface area contributed by atoms with Crippen molar-refractivity contribution in [3.8, 4) is 34.1 Å². The zero-order chi connectivity index (χ0) is 21.7. The molecule has 0 aliphatic rings. The third-order valence-corrected chi connectivity index (χ3v) is 4.47. The van der Waals surface area contributed by atoms with Crippen LogP contribution in [0.2, 0.25) is 0 Å². The van der Waals surface area contributed by atoms with Crippen molar-refractivity contribution in [2.75, 3.05) is 0 Å². The molecule has 3 rings (SSSR count). The highest BCUT2D eigenvalue weighted by Gasteiger charge is 2.30. The van der Waals surface area contributed by atoms with Crippen LogP contribution in [0, 0.1) is 35.2 Å². The summed E-state index contributed by atoms with van der Waals surface area (Å²) in [6, 6.07) is 11.7. The van der Waals surface area contributed by atoms with E-state index in [9.17, 15) is 17.6 Å². The highest BCUT2D eigenvalue weighted by Crippen LogP contribution is 2.27. The van der Waals surface area contributed by atoms with Gasteiger partial charge < -0.3 is 4.74 Å². The van der Waals surface area contributed by atoms with Crippen LogP contribution in [0.4, 0.5) is 17.6 Å². The fourth-order valence-electron chi connectivity index (χ4n) is 2.58. The number of aromatic nitrogens is 1. The van der Waals surface area contributed by atoms with Gasteiger partial charge in [0, 0.05) is 40.7 Å². The van der Waals surface area contributed by atoms with E-state index in [0.717, 1.165) is 17.3 Å². The monoisotopic (exact) mass is 428 g/mol. The lowest BCUT2D eigenvalue weighted by Gasteiger charge is -2.08. The molecule has 8 heteroatoms. The molecule has 0 aliphatic heterocycles. The quantitative estimate of drug-likeness (QED) is 0.220. The molecule has 0 atom stereocenters. The van der Waals surface area contributed by atoms with Crippen LogP contribution in [0.25, 0.3) is 11.1 Å². The van der Waals surface area contributed by atoms with Crippen LogP contribution in [0.5, 0.6) is 5.75 Å². The predicted molar refractivity (Wildman–Crippen MR) is 105 cm³/mol. The van der Waals surface area contributed by atoms with Crippen LogP contribution in [-0.2, 0) is 0 Å². The van der Waals surface area contributed by atoms with E-state index in [0.29, 0.717) is 22.3 Å². The molecular weight excluding hydrogens is 416 g/mol. The first-order valence-corrected chi connectivity index (χ1v) is 9.27. The number of halogens is 4. The van der Waals surface area contributed by atoms with Crippen molar-refractivity contribution in [2.45, 2.75) is 18.3 Å². The SMILES string of the molecule is Cc1cc(-c2cnc(SC#N)cc2F)ccc1C#Cc1ccc(OC(F)(F)F)cc1. The molecule has 0 N–H and O–H groups in total. The van der Waals surface area contributed by atoms with Gasteiger partial charge in [0.25, 0.3) is 0 Å². The number of nitriles is 1. The maximum Gasteiger partial charge on any atom is 0.573 e. The minimum absolute atomic E-state index is 0.282. The van der Waals surface area contributed by atoms with Crippen LogP contribution in [0.1, 0.15) is 16.7 Å². The predicted octanol–water partition coefficient (Wildman–Crippen LogP) is 6.07. The number of ether oxygens (including phenoxy) is 1. The van der Waals surface area contributed by atoms with Crippen molar-refractivity contribution in [2.24, 2.45) is 0 Å². The zero-order valence-corrected chi connectivity index (χ0v) is 16.2. The average molecular weight is 428 g/mol. The average Bonchev–Trinajstić information content (AvgIpc) is 2.67. The second-order valence-corrected chi connectivity index (χ2v) is 6.85. The van der Waals surface area contributed by atoms with Crippen LogP contribution in [-0.4, -0.2) is 11.3 Å². The largest absolute Gasteiger partial charge is 0.573 e. The summed E-state index contributed by atoms with van der Waals surface area (Å²) in [6.07, 6.45) is -3.37. The number of hydrogen-bond donors (Lipinski definition) is 0. The highest BCUT2D eigenvalue weighted by molar-refractivity contribution is 8.03. The van der Waals surface area contributed by atoms with E-state index in [1.807, 2.05) is 12.3 Å². The van der Waals surface area contributed by atoms with Gasteiger partial charge in [0.05, 0.1) is 0 Å². The molecule has 0 saturated heterocycles. The molecule has 3 nitrogen and oxygen atoms in total. The topological polar surface area (TPSA) is 45.9 Å². The molecule has 0 saturated carbocycles. The molecule has 0 fully saturated rings. The molecule has 1 aromatic heterocycles. The fraction of sp³-hybridized carbons (Fsp3) is 0.0909. The van der Waals surface area contributed by atoms with E-state index in [-0.39, 0.29) is 10.8 Å². The second-order valence-electron chi connectivity index (χ2n) is 6.05. The Balaban J connectivity index is 1.80. The van der Waals surface area contributed by atoms with E-state index >= 15 is 0 Å². The lowest BCUT2D eigenvalue weighted by molar-refractivity contribution is -0.274. The normalized spacial score (nSPS) is 10.7. The molecule has 0 bridgehead atoms. The van der Waals surface area contributed by atoms with Gasteiger partial charge in [0.1, 0.15) is 22.0 Å². The Bertz CT molecular complexity index is 1170. The molecule has 150 valence electrons. The van der Waals surface area contributed by atoms with Crippen molar-refractivity contribution in [1.82, 2.24) is 4.98 Å². The molecule has 0 radical (unpaired) electrons. The Labute approximate surface area is 174 Å². The number of nitrogens with zero attached hydrogens (tertiary/aromatic N) is 2. The summed E-state index contributed by atoms with van der Waals surface area (Å²) in [4.78, 5) is 4.05. The van der Waals surface area contributed by atoms with Crippen molar-refractivity contribution in [1.29, 1.82) is 5.26 Å². The summed E-state index contributed by atoms with van der Waals surface area (Å²) < 4.78 is 54.7. The van der Waals surface area contributed by atoms with Gasteiger partial charge in [-0.3, -0.25) is 0 Å². The van der Waals surface area contributed by atoms with Gasteiger partial charge in [-0.1, -0.05) is 24.0 Å². The van der Waals surface area contributed by atoms with Gasteiger partial charge in [-0.25, -0.2) is 9.37 Å². The molecule has 0 aliphatic carbocycles. The van der Waals surface area contributed by atoms with Crippen LogP contribution >= 0.6 is 11.8 Å². The lowest BCUT2D eigenvalue weighted by Crippen LogP contribution is -2.16. The van der Waals surface area contributed by atoms with E-state index < -0.39 is 12.2 Å². The van der Waals surface area contributed by atoms with Crippen molar-refractivity contribution < 1.29 is 22.3 Å². The Kier molecular flexibility index (Phi) is 6.29. The summed E-state index contributed by atoms with van der Waals surface area (Å²) in [5.74, 6) is 5.03. The Hall–Kier alpha value is -3.49. The van der Waals surface area contributed by atoms with Gasteiger partial charge in [0.2, 0.25) is 0 Å². The molecule has 0 spiro atoms. The number of thiocyanates is 1. The third-order valence-electron chi connectivity index (χ3n) is 3.95. The van der Waals surface area contributed by atoms with Crippen LogP contribution in [0.3, 0.4) is 0 Å². The molecule has 1 heterocycles. The summed E-state index contributed by atoms with van der Waals surface area (Å²) in [5.41, 5.74) is 2.94. The first-order chi connectivity index (χ1) is 14.2. The second kappa shape index (κ2) is 8.89. The summed E-state index contributed by atoms with van der Waals surface area (Å²) in [5, 5.41) is 10.8. The maximum atomic E-state index is 14.3. The first-order valence-electron chi connectivity index (χ1n) is 8.45. The Morgan fingerprint density at radius 3 is 2.37 bits per heavy atom. The highest BCUT2D eigenvalue weighted by atomic mass is 32.2. The van der Waals surface area contributed by atoms with E-state index in [1.165, 1.54) is 36.5 Å². The number of rotatable bonds is 3. The number of pyridine rings is 1. The lowest BCUT2D eigenvalue weighted by atomic mass is 10.0. The smallest absolute Gasteiger partial charge is 0.406 e. The van der Waals surface area contributed by atoms with E-state index in [2.05, 4.69) is 21.6 Å². The standard InChI is InChI=1S/C22H12F4N2OS/c1-14-10-17(19-12-28-21(30-13-27)11-20(19)23)7-6-16(14)5-2-15-3-8-18(9-4-15)29-22(24,25)26/h3-4,6-12H,1H3. The van der Waals surface area contributed by atoms with Gasteiger partial charge in [-0.15, -0.1) is 13.2 Å². The van der Waals surface area contributed by atoms with Crippen LogP contribution < -0.4 is 4.74 Å². The van der Waals surface area contributed by atoms with Crippen LogP contribution in [0.15, 0.2) is 59.8 Å². The van der Waals surface area contributed by atoms with Gasteiger partial charge in [-0.05, 0) is 48.4 Å². The zero-order valence-electron chi connectivity index (χ0n) is 15.4. The van der Waals surface area contributed by atoms with Gasteiger partial charge in [-0.2, -0.15) is 5.26 Å². The Morgan fingerprint density at radius 1 is 1.03 bits per heavy atom. The molecular formula is C22H12F4N2OS. The summed E-state index contributed by atoms with van der Waals surface area (Å²) in [6.45, 7) is 1.82. The van der Waals surface area contributed by atoms with Crippen molar-refractivity contribution in [3.63, 3.8) is 0 Å². The van der Waals surface area contributed by atoms with Gasteiger partial charge >= 0.3 is 6.36 Å². The molecule has 0 unspecified atom stereocenters. The number of benzene rings is 2. The number of hydrogen-bond acceptors (Lipinski definition) is 4. The third kappa shape index (κ3) is 5.53. The molecule has 3 aromatic rings. The van der Waals surface area contributed by atoms with E-state index in [1.54, 1.807) is 18.2 Å². The minimum atomic E-state index is -4.74.